The van der Waals surface area contributed by atoms with Crippen LogP contribution in [0.5, 0.6) is 0 Å². The van der Waals surface area contributed by atoms with Crippen molar-refractivity contribution < 1.29 is 42.7 Å². The fraction of sp³-hybridized carbons (Fsp3) is 0.512. The Kier molecular flexibility index (Phi) is 11.9. The van der Waals surface area contributed by atoms with E-state index in [-0.39, 0.29) is 61.0 Å². The first-order chi connectivity index (χ1) is 25.3. The maximum atomic E-state index is 12.7. The van der Waals surface area contributed by atoms with Crippen LogP contribution in [0.25, 0.3) is 0 Å². The quantitative estimate of drug-likeness (QED) is 0.157. The molecule has 3 aromatic rings. The van der Waals surface area contributed by atoms with Crippen LogP contribution in [0.4, 0.5) is 0 Å². The highest BCUT2D eigenvalue weighted by atomic mass is 16.7. The zero-order chi connectivity index (χ0) is 36.1. The van der Waals surface area contributed by atoms with Gasteiger partial charge in [-0.3, -0.25) is 0 Å². The minimum atomic E-state index is -0.837. The largest absolute Gasteiger partial charge is 0.458 e. The molecule has 0 radical (unpaired) electrons. The fourth-order valence-electron chi connectivity index (χ4n) is 8.31. The third-order valence-electron chi connectivity index (χ3n) is 11.5. The predicted molar refractivity (Wildman–Crippen MR) is 194 cm³/mol. The van der Waals surface area contributed by atoms with Gasteiger partial charge in [0, 0.05) is 37.9 Å². The summed E-state index contributed by atoms with van der Waals surface area (Å²) in [5.74, 6) is -1.30. The molecule has 0 aromatic heterocycles. The van der Waals surface area contributed by atoms with Crippen molar-refractivity contribution in [1.29, 1.82) is 0 Å². The van der Waals surface area contributed by atoms with Crippen molar-refractivity contribution in [3.05, 3.63) is 120 Å². The van der Waals surface area contributed by atoms with E-state index >= 15 is 0 Å². The molecular weight excluding hydrogens is 660 g/mol. The molecule has 12 atom stereocenters. The van der Waals surface area contributed by atoms with Gasteiger partial charge in [0.25, 0.3) is 0 Å². The van der Waals surface area contributed by atoms with Crippen molar-refractivity contribution in [3.8, 4) is 0 Å². The first kappa shape index (κ1) is 36.9. The topological polar surface area (TPSA) is 90.9 Å². The summed E-state index contributed by atoms with van der Waals surface area (Å²) in [6.07, 6.45) is 1.81. The average Bonchev–Trinajstić information content (AvgIpc) is 3.56. The smallest absolute Gasteiger partial charge is 0.330 e. The first-order valence-corrected chi connectivity index (χ1v) is 18.7. The SMILES string of the molecule is CO[C@@H]1C[C@@H]2O[C@@H]3[C@@H](C)[C@H](C)[C@@]4(C[C@H](OCc5ccccc5)CO4)O[C@H]3[C@@H](OCc3ccccc3)[C@H](C)[C@H]2O[C@H]1/C=C/C(=O)OCc1ccccc1. The number of esters is 1. The van der Waals surface area contributed by atoms with Crippen LogP contribution in [-0.4, -0.2) is 74.3 Å². The molecule has 4 aliphatic heterocycles. The monoisotopic (exact) mass is 712 g/mol. The molecule has 1 spiro atoms. The van der Waals surface area contributed by atoms with Gasteiger partial charge in [0.05, 0.1) is 56.4 Å². The first-order valence-electron chi connectivity index (χ1n) is 18.7. The van der Waals surface area contributed by atoms with Crippen molar-refractivity contribution in [2.75, 3.05) is 13.7 Å². The third-order valence-corrected chi connectivity index (χ3v) is 11.5. The number of benzene rings is 3. The third kappa shape index (κ3) is 8.21. The number of rotatable bonds is 11. The van der Waals surface area contributed by atoms with E-state index in [0.29, 0.717) is 32.7 Å². The molecule has 0 bridgehead atoms. The normalized spacial score (nSPS) is 35.9. The predicted octanol–water partition coefficient (Wildman–Crippen LogP) is 6.82. The summed E-state index contributed by atoms with van der Waals surface area (Å²) in [7, 11) is 1.67. The lowest BCUT2D eigenvalue weighted by Gasteiger charge is -2.51. The minimum Gasteiger partial charge on any atom is -0.458 e. The van der Waals surface area contributed by atoms with E-state index < -0.39 is 24.0 Å². The lowest BCUT2D eigenvalue weighted by molar-refractivity contribution is -0.341. The van der Waals surface area contributed by atoms with E-state index in [1.165, 1.54) is 6.08 Å². The zero-order valence-electron chi connectivity index (χ0n) is 30.6. The van der Waals surface area contributed by atoms with Gasteiger partial charge in [0.2, 0.25) is 0 Å². The van der Waals surface area contributed by atoms with Crippen molar-refractivity contribution in [2.45, 2.75) is 108 Å². The molecule has 4 aliphatic rings. The van der Waals surface area contributed by atoms with Gasteiger partial charge in [-0.1, -0.05) is 112 Å². The Morgan fingerprint density at radius 2 is 1.38 bits per heavy atom. The number of carbonyl (C=O) groups is 1. The van der Waals surface area contributed by atoms with Gasteiger partial charge >= 0.3 is 5.97 Å². The number of ether oxygens (including phenoxy) is 8. The molecule has 0 N–H and O–H groups in total. The highest BCUT2D eigenvalue weighted by Crippen LogP contribution is 2.50. The Morgan fingerprint density at radius 3 is 2.02 bits per heavy atom. The van der Waals surface area contributed by atoms with Crippen molar-refractivity contribution in [1.82, 2.24) is 0 Å². The van der Waals surface area contributed by atoms with E-state index in [0.717, 1.165) is 16.7 Å². The summed E-state index contributed by atoms with van der Waals surface area (Å²) in [6, 6.07) is 30.0. The Hall–Kier alpha value is -3.41. The van der Waals surface area contributed by atoms with Crippen LogP contribution in [0.3, 0.4) is 0 Å². The molecule has 52 heavy (non-hydrogen) atoms. The van der Waals surface area contributed by atoms with Crippen LogP contribution in [0.1, 0.15) is 50.3 Å². The summed E-state index contributed by atoms with van der Waals surface area (Å²) in [5, 5.41) is 0. The van der Waals surface area contributed by atoms with Crippen LogP contribution in [0.15, 0.2) is 103 Å². The maximum absolute atomic E-state index is 12.7. The molecule has 0 saturated carbocycles. The van der Waals surface area contributed by atoms with Gasteiger partial charge < -0.3 is 37.9 Å². The number of fused-ring (bicyclic) bond motifs is 2. The molecular formula is C43H52O9. The lowest BCUT2D eigenvalue weighted by atomic mass is 9.75. The zero-order valence-corrected chi connectivity index (χ0v) is 30.6. The molecule has 9 nitrogen and oxygen atoms in total. The fourth-order valence-corrected chi connectivity index (χ4v) is 8.31. The average molecular weight is 713 g/mol. The molecule has 0 unspecified atom stereocenters. The van der Waals surface area contributed by atoms with E-state index in [4.69, 9.17) is 37.9 Å². The molecule has 3 aromatic carbocycles. The van der Waals surface area contributed by atoms with Gasteiger partial charge in [-0.2, -0.15) is 0 Å². The molecule has 4 fully saturated rings. The van der Waals surface area contributed by atoms with E-state index in [1.807, 2.05) is 66.7 Å². The van der Waals surface area contributed by atoms with E-state index in [1.54, 1.807) is 13.2 Å². The molecule has 0 amide bonds. The van der Waals surface area contributed by atoms with Crippen molar-refractivity contribution >= 4 is 5.97 Å². The van der Waals surface area contributed by atoms with Crippen LogP contribution in [-0.2, 0) is 62.5 Å². The number of hydrogen-bond donors (Lipinski definition) is 0. The Balaban J connectivity index is 1.10. The summed E-state index contributed by atoms with van der Waals surface area (Å²) < 4.78 is 52.4. The molecule has 9 heteroatoms. The van der Waals surface area contributed by atoms with Crippen LogP contribution in [0.2, 0.25) is 0 Å². The minimum absolute atomic E-state index is 0.0287. The van der Waals surface area contributed by atoms with Gasteiger partial charge in [-0.15, -0.1) is 0 Å². The van der Waals surface area contributed by atoms with Crippen LogP contribution in [0, 0.1) is 17.8 Å². The van der Waals surface area contributed by atoms with Crippen LogP contribution >= 0.6 is 0 Å². The lowest BCUT2D eigenvalue weighted by Crippen LogP contribution is -2.61. The Labute approximate surface area is 307 Å². The Morgan fingerprint density at radius 1 is 0.769 bits per heavy atom. The standard InChI is InChI=1S/C43H52O9/c1-28-30(3)43(23-34(27-49-43)46-24-31-14-8-5-9-15-31)52-42-40(48-26-33-18-12-7-13-19-33)29(2)39-37(51-41(28)42)22-36(45-4)35(50-39)20-21-38(44)47-25-32-16-10-6-11-17-32/h5-21,28-30,34-37,39-42H,22-27H2,1-4H3/b21-20+/t28-,29+,30-,34-,35-,36+,37-,39+,40-,41+,42-,43+/m0/s1. The Bertz CT molecular complexity index is 1600. The molecule has 4 saturated heterocycles. The second-order valence-electron chi connectivity index (χ2n) is 14.8. The van der Waals surface area contributed by atoms with E-state index in [9.17, 15) is 4.79 Å². The summed E-state index contributed by atoms with van der Waals surface area (Å²) in [4.78, 5) is 12.7. The highest BCUT2D eigenvalue weighted by Gasteiger charge is 2.61. The number of carbonyl (C=O) groups excluding carboxylic acids is 1. The van der Waals surface area contributed by atoms with Crippen LogP contribution < -0.4 is 0 Å². The summed E-state index contributed by atoms with van der Waals surface area (Å²) in [6.45, 7) is 8.17. The highest BCUT2D eigenvalue weighted by molar-refractivity contribution is 5.82. The second-order valence-corrected chi connectivity index (χ2v) is 14.8. The van der Waals surface area contributed by atoms with Crippen molar-refractivity contribution in [2.24, 2.45) is 17.8 Å². The van der Waals surface area contributed by atoms with Gasteiger partial charge in [0.15, 0.2) is 5.79 Å². The van der Waals surface area contributed by atoms with E-state index in [2.05, 4.69) is 45.0 Å². The molecule has 278 valence electrons. The number of methoxy groups -OCH3 is 1. The van der Waals surface area contributed by atoms with Crippen molar-refractivity contribution in [3.63, 3.8) is 0 Å². The van der Waals surface area contributed by atoms with Gasteiger partial charge in [-0.25, -0.2) is 4.79 Å². The summed E-state index contributed by atoms with van der Waals surface area (Å²) >= 11 is 0. The second kappa shape index (κ2) is 16.7. The van der Waals surface area contributed by atoms with Gasteiger partial charge in [-0.05, 0) is 28.7 Å². The molecule has 7 rings (SSSR count). The van der Waals surface area contributed by atoms with Gasteiger partial charge in [0.1, 0.15) is 18.8 Å². The summed E-state index contributed by atoms with van der Waals surface area (Å²) in [5.41, 5.74) is 3.13. The maximum Gasteiger partial charge on any atom is 0.330 e. The molecule has 4 heterocycles. The number of hydrogen-bond acceptors (Lipinski definition) is 9. The molecule has 0 aliphatic carbocycles.